The fraction of sp³-hybridized carbons (Fsp3) is 0.450. The third kappa shape index (κ3) is 4.76. The lowest BCUT2D eigenvalue weighted by Gasteiger charge is -2.32. The van der Waals surface area contributed by atoms with Crippen molar-refractivity contribution >= 4 is 29.0 Å². The Bertz CT molecular complexity index is 907. The molecule has 0 saturated carbocycles. The maximum absolute atomic E-state index is 12.2. The Hall–Kier alpha value is -3.43. The molecule has 0 radical (unpaired) electrons. The van der Waals surface area contributed by atoms with Gasteiger partial charge in [-0.1, -0.05) is 12.1 Å². The minimum atomic E-state index is -0.505. The molecule has 0 amide bonds. The Balaban J connectivity index is 1.92. The van der Waals surface area contributed by atoms with Gasteiger partial charge in [0.25, 0.3) is 0 Å². The van der Waals surface area contributed by atoms with E-state index in [1.807, 2.05) is 13.0 Å². The first-order chi connectivity index (χ1) is 14.5. The molecule has 1 unspecified atom stereocenters. The van der Waals surface area contributed by atoms with Crippen LogP contribution in [0.2, 0.25) is 0 Å². The molecule has 1 saturated heterocycles. The number of ether oxygens (including phenoxy) is 2. The summed E-state index contributed by atoms with van der Waals surface area (Å²) in [5, 5.41) is 14.9. The van der Waals surface area contributed by atoms with Crippen molar-refractivity contribution in [3.05, 3.63) is 40.7 Å². The smallest absolute Gasteiger partial charge is 0.353 e. The minimum Gasteiger partial charge on any atom is -0.492 e. The van der Waals surface area contributed by atoms with Crippen LogP contribution >= 0.6 is 0 Å². The summed E-state index contributed by atoms with van der Waals surface area (Å²) in [6.07, 6.45) is 2.67. The fourth-order valence-electron chi connectivity index (χ4n) is 3.46. The van der Waals surface area contributed by atoms with Crippen molar-refractivity contribution < 1.29 is 19.2 Å². The molecule has 2 heterocycles. The highest BCUT2D eigenvalue weighted by Gasteiger charge is 2.33. The molecule has 0 aliphatic carbocycles. The van der Waals surface area contributed by atoms with Gasteiger partial charge in [0.15, 0.2) is 0 Å². The van der Waals surface area contributed by atoms with E-state index in [0.717, 1.165) is 0 Å². The summed E-state index contributed by atoms with van der Waals surface area (Å²) >= 11 is 0. The zero-order chi connectivity index (χ0) is 21.5. The molecule has 10 nitrogen and oxygen atoms in total. The SMILES string of the molecule is CCOC(=O)C1CCCN(c2ncnc(Nc3ccccc3OCC)c2[N+](=O)[O-])C1. The van der Waals surface area contributed by atoms with E-state index in [9.17, 15) is 14.9 Å². The number of hydrogen-bond donors (Lipinski definition) is 1. The van der Waals surface area contributed by atoms with Crippen molar-refractivity contribution in [1.29, 1.82) is 0 Å². The number of piperidine rings is 1. The predicted molar refractivity (Wildman–Crippen MR) is 111 cm³/mol. The van der Waals surface area contributed by atoms with Crippen LogP contribution in [0.4, 0.5) is 23.0 Å². The summed E-state index contributed by atoms with van der Waals surface area (Å²) in [6.45, 7) is 5.24. The Morgan fingerprint density at radius 3 is 2.83 bits per heavy atom. The van der Waals surface area contributed by atoms with Crippen LogP contribution in [0.5, 0.6) is 5.75 Å². The number of aromatic nitrogens is 2. The number of para-hydroxylation sites is 2. The van der Waals surface area contributed by atoms with Crippen LogP contribution in [-0.4, -0.2) is 47.2 Å². The summed E-state index contributed by atoms with van der Waals surface area (Å²) in [7, 11) is 0. The summed E-state index contributed by atoms with van der Waals surface area (Å²) < 4.78 is 10.7. The molecular formula is C20H25N5O5. The third-order valence-corrected chi connectivity index (χ3v) is 4.77. The van der Waals surface area contributed by atoms with Crippen LogP contribution in [0.1, 0.15) is 26.7 Å². The number of nitrogens with zero attached hydrogens (tertiary/aromatic N) is 4. The third-order valence-electron chi connectivity index (χ3n) is 4.77. The number of benzene rings is 1. The van der Waals surface area contributed by atoms with Gasteiger partial charge in [-0.15, -0.1) is 0 Å². The number of esters is 1. The van der Waals surface area contributed by atoms with Crippen molar-refractivity contribution in [2.24, 2.45) is 5.92 Å². The van der Waals surface area contributed by atoms with E-state index in [-0.39, 0.29) is 29.2 Å². The molecule has 0 bridgehead atoms. The van der Waals surface area contributed by atoms with E-state index in [0.29, 0.717) is 50.6 Å². The molecule has 1 aromatic heterocycles. The molecule has 3 rings (SSSR count). The van der Waals surface area contributed by atoms with E-state index < -0.39 is 4.92 Å². The van der Waals surface area contributed by atoms with E-state index >= 15 is 0 Å². The second-order valence-corrected chi connectivity index (χ2v) is 6.74. The molecule has 30 heavy (non-hydrogen) atoms. The quantitative estimate of drug-likeness (QED) is 0.393. The van der Waals surface area contributed by atoms with Gasteiger partial charge in [0.1, 0.15) is 12.1 Å². The summed E-state index contributed by atoms with van der Waals surface area (Å²) in [5.74, 6) is 0.178. The van der Waals surface area contributed by atoms with Crippen molar-refractivity contribution in [1.82, 2.24) is 9.97 Å². The van der Waals surface area contributed by atoms with Crippen molar-refractivity contribution in [3.8, 4) is 5.75 Å². The standard InChI is InChI=1S/C20H25N5O5/c1-3-29-16-10-6-5-9-15(16)23-18-17(25(27)28)19(22-13-21-18)24-11-7-8-14(12-24)20(26)30-4-2/h5-6,9-10,13-14H,3-4,7-8,11-12H2,1-2H3,(H,21,22,23). The Kier molecular flexibility index (Phi) is 6.99. The number of nitro groups is 1. The molecule has 1 N–H and O–H groups in total. The normalized spacial score (nSPS) is 16.1. The highest BCUT2D eigenvalue weighted by molar-refractivity contribution is 5.78. The predicted octanol–water partition coefficient (Wildman–Crippen LogP) is 3.31. The molecule has 1 aliphatic heterocycles. The zero-order valence-corrected chi connectivity index (χ0v) is 17.0. The number of carbonyl (C=O) groups excluding carboxylic acids is 1. The lowest BCUT2D eigenvalue weighted by atomic mass is 9.98. The average Bonchev–Trinajstić information content (AvgIpc) is 2.75. The van der Waals surface area contributed by atoms with Crippen LogP contribution in [0.3, 0.4) is 0 Å². The molecule has 1 fully saturated rings. The van der Waals surface area contributed by atoms with Crippen molar-refractivity contribution in [2.75, 3.05) is 36.5 Å². The van der Waals surface area contributed by atoms with Crippen LogP contribution in [0.25, 0.3) is 0 Å². The lowest BCUT2D eigenvalue weighted by Crippen LogP contribution is -2.40. The highest BCUT2D eigenvalue weighted by atomic mass is 16.6. The van der Waals surface area contributed by atoms with Gasteiger partial charge in [-0.05, 0) is 38.8 Å². The molecule has 10 heteroatoms. The number of nitrogens with one attached hydrogen (secondary N) is 1. The second-order valence-electron chi connectivity index (χ2n) is 6.74. The van der Waals surface area contributed by atoms with Crippen molar-refractivity contribution in [2.45, 2.75) is 26.7 Å². The maximum atomic E-state index is 12.2. The summed E-state index contributed by atoms with van der Waals surface area (Å²) in [6, 6.07) is 7.15. The first-order valence-corrected chi connectivity index (χ1v) is 9.94. The van der Waals surface area contributed by atoms with Crippen molar-refractivity contribution in [3.63, 3.8) is 0 Å². The largest absolute Gasteiger partial charge is 0.492 e. The fourth-order valence-corrected chi connectivity index (χ4v) is 3.46. The van der Waals surface area contributed by atoms with Gasteiger partial charge in [-0.25, -0.2) is 9.97 Å². The minimum absolute atomic E-state index is 0.0652. The molecular weight excluding hydrogens is 390 g/mol. The molecule has 0 spiro atoms. The monoisotopic (exact) mass is 415 g/mol. The molecule has 1 atom stereocenters. The topological polar surface area (TPSA) is 120 Å². The van der Waals surface area contributed by atoms with Gasteiger partial charge >= 0.3 is 11.7 Å². The molecule has 1 aliphatic rings. The molecule has 2 aromatic rings. The highest BCUT2D eigenvalue weighted by Crippen LogP contribution is 2.37. The number of anilines is 3. The lowest BCUT2D eigenvalue weighted by molar-refractivity contribution is -0.383. The van der Waals surface area contributed by atoms with Gasteiger partial charge < -0.3 is 19.7 Å². The van der Waals surface area contributed by atoms with Gasteiger partial charge in [-0.2, -0.15) is 0 Å². The van der Waals surface area contributed by atoms with E-state index in [1.165, 1.54) is 6.33 Å². The maximum Gasteiger partial charge on any atom is 0.353 e. The average molecular weight is 415 g/mol. The zero-order valence-electron chi connectivity index (χ0n) is 17.0. The summed E-state index contributed by atoms with van der Waals surface area (Å²) in [5.41, 5.74) is 0.323. The number of rotatable bonds is 8. The number of carbonyl (C=O) groups is 1. The van der Waals surface area contributed by atoms with E-state index in [2.05, 4.69) is 15.3 Å². The molecule has 1 aromatic carbocycles. The Morgan fingerprint density at radius 2 is 2.10 bits per heavy atom. The Labute approximate surface area is 174 Å². The molecule has 160 valence electrons. The van der Waals surface area contributed by atoms with Gasteiger partial charge in [-0.3, -0.25) is 14.9 Å². The number of hydrogen-bond acceptors (Lipinski definition) is 9. The van der Waals surface area contributed by atoms with Gasteiger partial charge in [0.05, 0.1) is 29.7 Å². The van der Waals surface area contributed by atoms with Crippen LogP contribution in [0, 0.1) is 16.0 Å². The van der Waals surface area contributed by atoms with E-state index in [1.54, 1.807) is 30.0 Å². The first kappa shape index (κ1) is 21.3. The van der Waals surface area contributed by atoms with Crippen LogP contribution < -0.4 is 15.0 Å². The van der Waals surface area contributed by atoms with Crippen LogP contribution in [0.15, 0.2) is 30.6 Å². The van der Waals surface area contributed by atoms with Crippen LogP contribution in [-0.2, 0) is 9.53 Å². The Morgan fingerprint density at radius 1 is 1.30 bits per heavy atom. The van der Waals surface area contributed by atoms with Gasteiger partial charge in [0.2, 0.25) is 11.6 Å². The van der Waals surface area contributed by atoms with Gasteiger partial charge in [0, 0.05) is 13.1 Å². The van der Waals surface area contributed by atoms with E-state index in [4.69, 9.17) is 9.47 Å². The second kappa shape index (κ2) is 9.86. The first-order valence-electron chi connectivity index (χ1n) is 9.94. The summed E-state index contributed by atoms with van der Waals surface area (Å²) in [4.78, 5) is 33.6.